The molecule has 0 radical (unpaired) electrons. The number of H-pyrrole nitrogens is 1. The Morgan fingerprint density at radius 2 is 2.12 bits per heavy atom. The van der Waals surface area contributed by atoms with Crippen LogP contribution in [0.1, 0.15) is 12.1 Å². The van der Waals surface area contributed by atoms with Gasteiger partial charge >= 0.3 is 0 Å². The summed E-state index contributed by atoms with van der Waals surface area (Å²) in [5, 5.41) is 0. The van der Waals surface area contributed by atoms with Crippen LogP contribution in [0, 0.1) is 0 Å². The maximum absolute atomic E-state index is 4.27. The van der Waals surface area contributed by atoms with E-state index in [0.717, 1.165) is 23.6 Å². The highest BCUT2D eigenvalue weighted by Gasteiger charge is 2.01. The zero-order chi connectivity index (χ0) is 11.1. The summed E-state index contributed by atoms with van der Waals surface area (Å²) in [6, 6.07) is 0. The summed E-state index contributed by atoms with van der Waals surface area (Å²) in [6.07, 6.45) is 8.78. The Bertz CT molecular complexity index is 361. The zero-order valence-corrected chi connectivity index (χ0v) is 11.7. The predicted molar refractivity (Wildman–Crippen MR) is 78.7 cm³/mol. The fraction of sp³-hybridized carbons (Fsp3) is 0.333. The SMILES string of the molecule is C1=NC(CSSSSCc2c[nH]cn2)=CC1. The van der Waals surface area contributed by atoms with Crippen LogP contribution in [0.2, 0.25) is 0 Å². The normalized spacial score (nSPS) is 14.4. The number of hydrogen-bond donors (Lipinski definition) is 1. The molecule has 7 heteroatoms. The monoisotopic (exact) mass is 289 g/mol. The van der Waals surface area contributed by atoms with Gasteiger partial charge in [0.15, 0.2) is 0 Å². The minimum absolute atomic E-state index is 0.947. The van der Waals surface area contributed by atoms with Crippen LogP contribution in [-0.4, -0.2) is 21.9 Å². The highest BCUT2D eigenvalue weighted by atomic mass is 33.7. The third kappa shape index (κ3) is 4.48. The number of nitrogens with one attached hydrogen (secondary N) is 1. The minimum Gasteiger partial charge on any atom is -0.351 e. The van der Waals surface area contributed by atoms with Crippen molar-refractivity contribution in [2.45, 2.75) is 12.2 Å². The topological polar surface area (TPSA) is 41.0 Å². The number of aromatic nitrogens is 2. The van der Waals surface area contributed by atoms with E-state index in [2.05, 4.69) is 21.0 Å². The first-order chi connectivity index (χ1) is 7.95. The first kappa shape index (κ1) is 12.5. The molecule has 0 saturated carbocycles. The van der Waals surface area contributed by atoms with Crippen LogP contribution in [0.25, 0.3) is 0 Å². The number of rotatable bonds is 7. The first-order valence-electron chi connectivity index (χ1n) is 4.72. The third-order valence-corrected chi connectivity index (χ3v) is 8.07. The van der Waals surface area contributed by atoms with Gasteiger partial charge in [-0.15, -0.1) is 0 Å². The van der Waals surface area contributed by atoms with E-state index in [1.807, 2.05) is 34.0 Å². The summed E-state index contributed by atoms with van der Waals surface area (Å²) in [5.41, 5.74) is 2.31. The molecule has 0 amide bonds. The summed E-state index contributed by atoms with van der Waals surface area (Å²) < 4.78 is 0. The van der Waals surface area contributed by atoms with Gasteiger partial charge in [0.2, 0.25) is 0 Å². The molecule has 2 heterocycles. The number of hydrogen-bond acceptors (Lipinski definition) is 6. The molecule has 0 spiro atoms. The van der Waals surface area contributed by atoms with Crippen LogP contribution in [0.5, 0.6) is 0 Å². The molecule has 0 aliphatic carbocycles. The van der Waals surface area contributed by atoms with Crippen LogP contribution in [0.3, 0.4) is 0 Å². The van der Waals surface area contributed by atoms with Gasteiger partial charge in [0.05, 0.1) is 12.0 Å². The maximum atomic E-state index is 4.27. The van der Waals surface area contributed by atoms with Crippen LogP contribution in [0.15, 0.2) is 29.3 Å². The molecule has 1 N–H and O–H groups in total. The van der Waals surface area contributed by atoms with Gasteiger partial charge in [-0.25, -0.2) is 4.98 Å². The molecule has 2 rings (SSSR count). The molecule has 0 saturated heterocycles. The average molecular weight is 289 g/mol. The van der Waals surface area contributed by atoms with E-state index in [-0.39, 0.29) is 0 Å². The quantitative estimate of drug-likeness (QED) is 0.608. The van der Waals surface area contributed by atoms with Crippen molar-refractivity contribution in [3.63, 3.8) is 0 Å². The van der Waals surface area contributed by atoms with Gasteiger partial charge in [-0.2, -0.15) is 0 Å². The first-order valence-corrected chi connectivity index (χ1v) is 9.87. The lowest BCUT2D eigenvalue weighted by Crippen LogP contribution is -1.76. The van der Waals surface area contributed by atoms with Crippen LogP contribution < -0.4 is 0 Å². The molecular formula is C9H11N3S4. The van der Waals surface area contributed by atoms with E-state index in [1.165, 1.54) is 5.70 Å². The molecular weight excluding hydrogens is 278 g/mol. The molecule has 1 aliphatic heterocycles. The molecule has 86 valence electrons. The number of imidazole rings is 1. The van der Waals surface area contributed by atoms with Crippen LogP contribution in [0.4, 0.5) is 0 Å². The molecule has 1 aliphatic rings. The van der Waals surface area contributed by atoms with E-state index in [4.69, 9.17) is 0 Å². The average Bonchev–Trinajstić information content (AvgIpc) is 2.96. The standard InChI is InChI=1S/C9H11N3S4/c1-2-8(11-3-1)5-13-15-16-14-6-9-4-10-7-12-9/h2-4,7H,1,5-6H2,(H,10,12). The second-order valence-electron chi connectivity index (χ2n) is 2.96. The Kier molecular flexibility index (Phi) is 5.74. The smallest absolute Gasteiger partial charge is 0.0923 e. The van der Waals surface area contributed by atoms with Crippen molar-refractivity contribution in [3.05, 3.63) is 30.0 Å². The van der Waals surface area contributed by atoms with E-state index in [1.54, 1.807) is 26.0 Å². The second kappa shape index (κ2) is 7.37. The Hall–Kier alpha value is 0.0200. The van der Waals surface area contributed by atoms with Crippen molar-refractivity contribution >= 4 is 47.5 Å². The van der Waals surface area contributed by atoms with E-state index < -0.39 is 0 Å². The lowest BCUT2D eigenvalue weighted by molar-refractivity contribution is 1.23. The van der Waals surface area contributed by atoms with Crippen molar-refractivity contribution < 1.29 is 0 Å². The molecule has 0 bridgehead atoms. The molecule has 0 fully saturated rings. The highest BCUT2D eigenvalue weighted by molar-refractivity contribution is 9.26. The Morgan fingerprint density at radius 1 is 1.25 bits per heavy atom. The van der Waals surface area contributed by atoms with Crippen molar-refractivity contribution in [3.8, 4) is 0 Å². The molecule has 0 atom stereocenters. The fourth-order valence-electron chi connectivity index (χ4n) is 1.09. The fourth-order valence-corrected chi connectivity index (χ4v) is 6.80. The van der Waals surface area contributed by atoms with Gasteiger partial charge in [0, 0.05) is 36.0 Å². The molecule has 1 aromatic rings. The van der Waals surface area contributed by atoms with Crippen LogP contribution in [-0.2, 0) is 5.75 Å². The lowest BCUT2D eigenvalue weighted by Gasteiger charge is -1.98. The summed E-state index contributed by atoms with van der Waals surface area (Å²) in [6.45, 7) is 0. The Balaban J connectivity index is 1.48. The Labute approximate surface area is 110 Å². The summed E-state index contributed by atoms with van der Waals surface area (Å²) >= 11 is 0. The number of aliphatic imine (C=N–C) groups is 1. The maximum Gasteiger partial charge on any atom is 0.0923 e. The Morgan fingerprint density at radius 3 is 2.81 bits per heavy atom. The van der Waals surface area contributed by atoms with E-state index in [9.17, 15) is 0 Å². The van der Waals surface area contributed by atoms with E-state index in [0.29, 0.717) is 0 Å². The van der Waals surface area contributed by atoms with Gasteiger partial charge in [-0.05, 0) is 19.7 Å². The summed E-state index contributed by atoms with van der Waals surface area (Å²) in [7, 11) is 7.25. The molecule has 0 unspecified atom stereocenters. The van der Waals surface area contributed by atoms with Crippen molar-refractivity contribution in [2.24, 2.45) is 4.99 Å². The van der Waals surface area contributed by atoms with Gasteiger partial charge in [0.25, 0.3) is 0 Å². The summed E-state index contributed by atoms with van der Waals surface area (Å²) in [4.78, 5) is 11.4. The molecule has 0 aromatic carbocycles. The largest absolute Gasteiger partial charge is 0.351 e. The van der Waals surface area contributed by atoms with Gasteiger partial charge in [-0.1, -0.05) is 27.7 Å². The van der Waals surface area contributed by atoms with Crippen molar-refractivity contribution in [1.82, 2.24) is 9.97 Å². The minimum atomic E-state index is 0.947. The van der Waals surface area contributed by atoms with Gasteiger partial charge in [-0.3, -0.25) is 4.99 Å². The van der Waals surface area contributed by atoms with Gasteiger partial charge in [0.1, 0.15) is 0 Å². The third-order valence-electron chi connectivity index (χ3n) is 1.81. The summed E-state index contributed by atoms with van der Waals surface area (Å²) in [5.74, 6) is 1.94. The lowest BCUT2D eigenvalue weighted by atomic mass is 10.4. The number of aromatic amines is 1. The van der Waals surface area contributed by atoms with Crippen LogP contribution >= 0.6 is 41.2 Å². The molecule has 3 nitrogen and oxygen atoms in total. The number of nitrogens with zero attached hydrogens (tertiary/aromatic N) is 2. The number of allylic oxidation sites excluding steroid dienone is 1. The van der Waals surface area contributed by atoms with E-state index >= 15 is 0 Å². The predicted octanol–water partition coefficient (Wildman–Crippen LogP) is 3.95. The van der Waals surface area contributed by atoms with Crippen molar-refractivity contribution in [2.75, 3.05) is 5.75 Å². The zero-order valence-electron chi connectivity index (χ0n) is 8.46. The van der Waals surface area contributed by atoms with Crippen molar-refractivity contribution in [1.29, 1.82) is 0 Å². The molecule has 1 aromatic heterocycles. The second-order valence-corrected chi connectivity index (χ2v) is 8.96. The molecule has 16 heavy (non-hydrogen) atoms. The van der Waals surface area contributed by atoms with Gasteiger partial charge < -0.3 is 4.98 Å². The highest BCUT2D eigenvalue weighted by Crippen LogP contribution is 2.44.